The van der Waals surface area contributed by atoms with Gasteiger partial charge in [0, 0.05) is 24.0 Å². The Balaban J connectivity index is 0.000000162. The van der Waals surface area contributed by atoms with E-state index in [9.17, 15) is 4.79 Å². The van der Waals surface area contributed by atoms with E-state index in [0.29, 0.717) is 0 Å². The standard InChI is InChI=1S/C8H6N2O.C3H4N2/c11-8-9-5-6-3-1-2-4-7(6)10-8;1-2-4-5-3-1/h1-5H,(H,9,10,11);1-3H,(H,4,5). The van der Waals surface area contributed by atoms with Crippen molar-refractivity contribution in [2.75, 3.05) is 0 Å². The largest absolute Gasteiger partial charge is 0.345 e. The van der Waals surface area contributed by atoms with Crippen molar-refractivity contribution in [3.05, 3.63) is 59.4 Å². The molecule has 2 N–H and O–H groups in total. The van der Waals surface area contributed by atoms with Crippen molar-refractivity contribution in [3.63, 3.8) is 0 Å². The van der Waals surface area contributed by atoms with E-state index in [1.807, 2.05) is 30.3 Å². The molecule has 5 heteroatoms. The van der Waals surface area contributed by atoms with Gasteiger partial charge in [0.1, 0.15) is 0 Å². The second kappa shape index (κ2) is 4.88. The van der Waals surface area contributed by atoms with E-state index in [4.69, 9.17) is 0 Å². The third-order valence-electron chi connectivity index (χ3n) is 1.93. The lowest BCUT2D eigenvalue weighted by Crippen LogP contribution is -2.07. The lowest BCUT2D eigenvalue weighted by molar-refractivity contribution is 1.09. The Labute approximate surface area is 91.2 Å². The van der Waals surface area contributed by atoms with Crippen LogP contribution in [0.1, 0.15) is 0 Å². The van der Waals surface area contributed by atoms with Crippen molar-refractivity contribution in [3.8, 4) is 0 Å². The minimum atomic E-state index is -0.302. The average molecular weight is 214 g/mol. The first-order chi connectivity index (χ1) is 7.86. The average Bonchev–Trinajstić information content (AvgIpc) is 2.87. The molecule has 2 aromatic heterocycles. The maximum atomic E-state index is 10.7. The summed E-state index contributed by atoms with van der Waals surface area (Å²) in [6.07, 6.45) is 5.02. The van der Waals surface area contributed by atoms with Crippen LogP contribution in [0.5, 0.6) is 0 Å². The van der Waals surface area contributed by atoms with E-state index in [1.165, 1.54) is 0 Å². The highest BCUT2D eigenvalue weighted by Crippen LogP contribution is 2.05. The highest BCUT2D eigenvalue weighted by atomic mass is 16.1. The number of nitrogens with zero attached hydrogens (tertiary/aromatic N) is 2. The molecule has 3 aromatic rings. The molecule has 0 spiro atoms. The number of fused-ring (bicyclic) bond motifs is 1. The summed E-state index contributed by atoms with van der Waals surface area (Å²) in [7, 11) is 0. The number of para-hydroxylation sites is 1. The fraction of sp³-hybridized carbons (Fsp3) is 0. The Hall–Kier alpha value is -2.43. The normalized spacial score (nSPS) is 9.50. The lowest BCUT2D eigenvalue weighted by atomic mass is 10.2. The van der Waals surface area contributed by atoms with Crippen molar-refractivity contribution >= 4 is 10.9 Å². The summed E-state index contributed by atoms with van der Waals surface area (Å²) in [5.41, 5.74) is 0.524. The molecule has 0 amide bonds. The molecule has 0 saturated heterocycles. The number of nitrogens with one attached hydrogen (secondary N) is 2. The van der Waals surface area contributed by atoms with Crippen LogP contribution in [-0.4, -0.2) is 20.2 Å². The fourth-order valence-electron chi connectivity index (χ4n) is 1.21. The predicted molar refractivity (Wildman–Crippen MR) is 61.0 cm³/mol. The molecule has 16 heavy (non-hydrogen) atoms. The van der Waals surface area contributed by atoms with E-state index in [-0.39, 0.29) is 5.69 Å². The van der Waals surface area contributed by atoms with Crippen molar-refractivity contribution in [1.82, 2.24) is 20.2 Å². The number of H-pyrrole nitrogens is 2. The second-order valence-electron chi connectivity index (χ2n) is 3.04. The van der Waals surface area contributed by atoms with Gasteiger partial charge in [0.05, 0.1) is 5.52 Å². The molecule has 0 atom stereocenters. The van der Waals surface area contributed by atoms with E-state index >= 15 is 0 Å². The summed E-state index contributed by atoms with van der Waals surface area (Å²) in [5.74, 6) is 0. The number of aromatic amines is 2. The van der Waals surface area contributed by atoms with Gasteiger partial charge in [0.15, 0.2) is 0 Å². The maximum Gasteiger partial charge on any atom is 0.345 e. The molecule has 80 valence electrons. The monoisotopic (exact) mass is 214 g/mol. The molecule has 0 aliphatic carbocycles. The van der Waals surface area contributed by atoms with Crippen molar-refractivity contribution in [1.29, 1.82) is 0 Å². The summed E-state index contributed by atoms with van der Waals surface area (Å²) in [6.45, 7) is 0. The zero-order valence-electron chi connectivity index (χ0n) is 8.42. The number of rotatable bonds is 0. The van der Waals surface area contributed by atoms with Crippen LogP contribution in [0.2, 0.25) is 0 Å². The minimum Gasteiger partial charge on any atom is -0.305 e. The Morgan fingerprint density at radius 2 is 2.00 bits per heavy atom. The summed E-state index contributed by atoms with van der Waals surface area (Å²) < 4.78 is 0. The first-order valence-electron chi connectivity index (χ1n) is 4.74. The third-order valence-corrected chi connectivity index (χ3v) is 1.93. The SMILES string of the molecule is O=c1ncc2ccccc2[nH]1.c1cn[nH]c1. The molecule has 0 unspecified atom stereocenters. The molecule has 5 nitrogen and oxygen atoms in total. The topological polar surface area (TPSA) is 74.4 Å². The van der Waals surface area contributed by atoms with Gasteiger partial charge in [-0.2, -0.15) is 5.10 Å². The summed E-state index contributed by atoms with van der Waals surface area (Å²) in [6, 6.07) is 9.36. The molecule has 2 heterocycles. The Morgan fingerprint density at radius 1 is 1.12 bits per heavy atom. The predicted octanol–water partition coefficient (Wildman–Crippen LogP) is 1.33. The molecule has 3 rings (SSSR count). The van der Waals surface area contributed by atoms with Gasteiger partial charge in [0.2, 0.25) is 0 Å². The number of hydrogen-bond donors (Lipinski definition) is 2. The zero-order chi connectivity index (χ0) is 11.2. The van der Waals surface area contributed by atoms with Gasteiger partial charge in [-0.1, -0.05) is 18.2 Å². The highest BCUT2D eigenvalue weighted by Gasteiger charge is 1.90. The van der Waals surface area contributed by atoms with Gasteiger partial charge < -0.3 is 4.98 Å². The van der Waals surface area contributed by atoms with Crippen LogP contribution in [0, 0.1) is 0 Å². The van der Waals surface area contributed by atoms with Gasteiger partial charge in [-0.3, -0.25) is 5.10 Å². The van der Waals surface area contributed by atoms with Crippen LogP contribution < -0.4 is 5.69 Å². The zero-order valence-corrected chi connectivity index (χ0v) is 8.42. The summed E-state index contributed by atoms with van der Waals surface area (Å²) in [5, 5.41) is 7.16. The molecule has 0 aliphatic rings. The summed E-state index contributed by atoms with van der Waals surface area (Å²) >= 11 is 0. The van der Waals surface area contributed by atoms with Crippen LogP contribution in [0.3, 0.4) is 0 Å². The number of hydrogen-bond acceptors (Lipinski definition) is 3. The van der Waals surface area contributed by atoms with Gasteiger partial charge in [-0.25, -0.2) is 9.78 Å². The van der Waals surface area contributed by atoms with Crippen LogP contribution in [-0.2, 0) is 0 Å². The lowest BCUT2D eigenvalue weighted by Gasteiger charge is -1.92. The van der Waals surface area contributed by atoms with Crippen LogP contribution in [0.4, 0.5) is 0 Å². The van der Waals surface area contributed by atoms with Crippen molar-refractivity contribution < 1.29 is 0 Å². The molecular weight excluding hydrogens is 204 g/mol. The van der Waals surface area contributed by atoms with Crippen LogP contribution >= 0.6 is 0 Å². The molecule has 0 bridgehead atoms. The smallest absolute Gasteiger partial charge is 0.305 e. The fourth-order valence-corrected chi connectivity index (χ4v) is 1.21. The van der Waals surface area contributed by atoms with Gasteiger partial charge >= 0.3 is 5.69 Å². The molecule has 0 fully saturated rings. The Bertz CT molecular complexity index is 583. The number of aromatic nitrogens is 4. The quantitative estimate of drug-likeness (QED) is 0.593. The van der Waals surface area contributed by atoms with Gasteiger partial charge in [-0.05, 0) is 12.1 Å². The molecular formula is C11H10N4O. The van der Waals surface area contributed by atoms with E-state index in [1.54, 1.807) is 18.6 Å². The molecule has 0 radical (unpaired) electrons. The van der Waals surface area contributed by atoms with E-state index < -0.39 is 0 Å². The Kier molecular flexibility index (Phi) is 3.08. The molecule has 0 saturated carbocycles. The Morgan fingerprint density at radius 3 is 2.69 bits per heavy atom. The third kappa shape index (κ3) is 2.54. The maximum absolute atomic E-state index is 10.7. The second-order valence-corrected chi connectivity index (χ2v) is 3.04. The van der Waals surface area contributed by atoms with Crippen molar-refractivity contribution in [2.45, 2.75) is 0 Å². The van der Waals surface area contributed by atoms with Crippen LogP contribution in [0.25, 0.3) is 10.9 Å². The van der Waals surface area contributed by atoms with Gasteiger partial charge in [0.25, 0.3) is 0 Å². The van der Waals surface area contributed by atoms with Crippen molar-refractivity contribution in [2.24, 2.45) is 0 Å². The first kappa shape index (κ1) is 10.1. The first-order valence-corrected chi connectivity index (χ1v) is 4.74. The number of benzene rings is 1. The summed E-state index contributed by atoms with van der Waals surface area (Å²) in [4.78, 5) is 16.9. The van der Waals surface area contributed by atoms with Crippen LogP contribution in [0.15, 0.2) is 53.7 Å². The minimum absolute atomic E-state index is 0.302. The van der Waals surface area contributed by atoms with E-state index in [0.717, 1.165) is 10.9 Å². The molecule has 0 aliphatic heterocycles. The highest BCUT2D eigenvalue weighted by molar-refractivity contribution is 5.76. The molecule has 1 aromatic carbocycles. The van der Waals surface area contributed by atoms with Gasteiger partial charge in [-0.15, -0.1) is 0 Å². The van der Waals surface area contributed by atoms with E-state index in [2.05, 4.69) is 20.2 Å².